The summed E-state index contributed by atoms with van der Waals surface area (Å²) in [5.74, 6) is 0.486. The monoisotopic (exact) mass is 360 g/mol. The average Bonchev–Trinajstić information content (AvgIpc) is 2.53. The lowest BCUT2D eigenvalue weighted by Crippen LogP contribution is -2.14. The Morgan fingerprint density at radius 3 is 2.73 bits per heavy atom. The molecule has 0 aromatic heterocycles. The van der Waals surface area contributed by atoms with Crippen molar-refractivity contribution in [3.8, 4) is 5.75 Å². The van der Waals surface area contributed by atoms with E-state index in [2.05, 4.69) is 15.9 Å². The third-order valence-electron chi connectivity index (χ3n) is 3.80. The maximum absolute atomic E-state index is 13.3. The second-order valence-electron chi connectivity index (χ2n) is 5.20. The van der Waals surface area contributed by atoms with Crippen LogP contribution in [0.4, 0.5) is 4.39 Å². The molecule has 112 valence electrons. The van der Waals surface area contributed by atoms with Gasteiger partial charge in [-0.1, -0.05) is 6.07 Å². The Morgan fingerprint density at radius 1 is 1.18 bits per heavy atom. The highest BCUT2D eigenvalue weighted by molar-refractivity contribution is 9.10. The zero-order chi connectivity index (χ0) is 15.7. The molecular formula is C18H14BrFO2. The molecule has 0 heterocycles. The van der Waals surface area contributed by atoms with E-state index in [-0.39, 0.29) is 11.6 Å². The van der Waals surface area contributed by atoms with Crippen molar-refractivity contribution in [1.29, 1.82) is 0 Å². The minimum atomic E-state index is -0.311. The van der Waals surface area contributed by atoms with Crippen molar-refractivity contribution in [1.82, 2.24) is 0 Å². The van der Waals surface area contributed by atoms with Gasteiger partial charge in [-0.15, -0.1) is 0 Å². The number of Topliss-reactive ketones (excluding diaryl/α,β-unsaturated/α-hetero) is 1. The molecule has 0 saturated carbocycles. The minimum absolute atomic E-state index is 0.0318. The van der Waals surface area contributed by atoms with Gasteiger partial charge in [0.15, 0.2) is 5.78 Å². The number of ketones is 1. The molecule has 0 fully saturated rings. The van der Waals surface area contributed by atoms with E-state index in [4.69, 9.17) is 4.74 Å². The normalized spacial score (nSPS) is 15.8. The molecule has 0 saturated heterocycles. The maximum Gasteiger partial charge on any atom is 0.189 e. The first-order valence-corrected chi connectivity index (χ1v) is 7.75. The summed E-state index contributed by atoms with van der Waals surface area (Å²) >= 11 is 3.16. The fourth-order valence-corrected chi connectivity index (χ4v) is 3.02. The number of fused-ring (bicyclic) bond motifs is 1. The first-order valence-electron chi connectivity index (χ1n) is 6.95. The van der Waals surface area contributed by atoms with Crippen molar-refractivity contribution in [3.05, 3.63) is 69.0 Å². The van der Waals surface area contributed by atoms with E-state index in [9.17, 15) is 9.18 Å². The van der Waals surface area contributed by atoms with Crippen molar-refractivity contribution in [3.63, 3.8) is 0 Å². The largest absolute Gasteiger partial charge is 0.497 e. The third kappa shape index (κ3) is 2.83. The van der Waals surface area contributed by atoms with Crippen LogP contribution in [0.1, 0.15) is 27.9 Å². The molecule has 0 amide bonds. The van der Waals surface area contributed by atoms with Crippen LogP contribution < -0.4 is 4.74 Å². The van der Waals surface area contributed by atoms with Gasteiger partial charge in [0.2, 0.25) is 0 Å². The van der Waals surface area contributed by atoms with E-state index in [1.807, 2.05) is 18.2 Å². The molecule has 0 N–H and O–H groups in total. The number of hydrogen-bond donors (Lipinski definition) is 0. The molecule has 4 heteroatoms. The molecule has 0 spiro atoms. The Labute approximate surface area is 136 Å². The number of allylic oxidation sites excluding steroid dienone is 1. The van der Waals surface area contributed by atoms with Crippen molar-refractivity contribution in [2.75, 3.05) is 7.11 Å². The highest BCUT2D eigenvalue weighted by Crippen LogP contribution is 2.30. The van der Waals surface area contributed by atoms with Crippen LogP contribution in [0.3, 0.4) is 0 Å². The lowest BCUT2D eigenvalue weighted by molar-refractivity contribution is 0.102. The zero-order valence-corrected chi connectivity index (χ0v) is 13.6. The Hall–Kier alpha value is -1.94. The summed E-state index contributed by atoms with van der Waals surface area (Å²) in [6.07, 6.45) is 3.31. The van der Waals surface area contributed by atoms with Crippen molar-refractivity contribution in [2.45, 2.75) is 12.8 Å². The molecule has 0 bridgehead atoms. The number of carbonyl (C=O) groups is 1. The van der Waals surface area contributed by atoms with Gasteiger partial charge in [-0.25, -0.2) is 4.39 Å². The molecule has 22 heavy (non-hydrogen) atoms. The second-order valence-corrected chi connectivity index (χ2v) is 6.05. The predicted octanol–water partition coefficient (Wildman–Crippen LogP) is 4.81. The number of hydrogen-bond acceptors (Lipinski definition) is 2. The molecular weight excluding hydrogens is 347 g/mol. The third-order valence-corrected chi connectivity index (χ3v) is 4.40. The molecule has 2 aromatic rings. The second kappa shape index (κ2) is 6.05. The molecule has 1 aliphatic carbocycles. The molecule has 2 nitrogen and oxygen atoms in total. The first kappa shape index (κ1) is 15.0. The fourth-order valence-electron chi connectivity index (χ4n) is 2.62. The van der Waals surface area contributed by atoms with Gasteiger partial charge in [0.05, 0.1) is 11.6 Å². The van der Waals surface area contributed by atoms with Gasteiger partial charge in [-0.3, -0.25) is 4.79 Å². The smallest absolute Gasteiger partial charge is 0.189 e. The molecule has 1 aliphatic rings. The number of aryl methyl sites for hydroxylation is 1. The topological polar surface area (TPSA) is 26.3 Å². The van der Waals surface area contributed by atoms with Crippen LogP contribution in [-0.4, -0.2) is 12.9 Å². The van der Waals surface area contributed by atoms with E-state index < -0.39 is 0 Å². The van der Waals surface area contributed by atoms with Gasteiger partial charge in [0.25, 0.3) is 0 Å². The SMILES string of the molecule is COc1ccc2c(c1)CC/C(=C/c1ccc(F)c(Br)c1)C2=O. The van der Waals surface area contributed by atoms with Gasteiger partial charge >= 0.3 is 0 Å². The number of methoxy groups -OCH3 is 1. The van der Waals surface area contributed by atoms with E-state index in [0.717, 1.165) is 34.4 Å². The van der Waals surface area contributed by atoms with Gasteiger partial charge in [-0.2, -0.15) is 0 Å². The first-order chi connectivity index (χ1) is 10.6. The minimum Gasteiger partial charge on any atom is -0.497 e. The molecule has 0 atom stereocenters. The number of benzene rings is 2. The number of halogens is 2. The van der Waals surface area contributed by atoms with Crippen LogP contribution in [0.2, 0.25) is 0 Å². The van der Waals surface area contributed by atoms with E-state index in [0.29, 0.717) is 10.9 Å². The van der Waals surface area contributed by atoms with Crippen LogP contribution in [-0.2, 0) is 6.42 Å². The number of rotatable bonds is 2. The Morgan fingerprint density at radius 2 is 2.00 bits per heavy atom. The van der Waals surface area contributed by atoms with Crippen LogP contribution in [0.5, 0.6) is 5.75 Å². The van der Waals surface area contributed by atoms with Crippen molar-refractivity contribution < 1.29 is 13.9 Å². The van der Waals surface area contributed by atoms with Crippen LogP contribution in [0.15, 0.2) is 46.4 Å². The molecule has 2 aromatic carbocycles. The Bertz CT molecular complexity index is 781. The van der Waals surface area contributed by atoms with E-state index in [1.54, 1.807) is 25.3 Å². The van der Waals surface area contributed by atoms with Gasteiger partial charge in [0, 0.05) is 11.1 Å². The quantitative estimate of drug-likeness (QED) is 0.718. The van der Waals surface area contributed by atoms with Crippen LogP contribution >= 0.6 is 15.9 Å². The lowest BCUT2D eigenvalue weighted by Gasteiger charge is -2.18. The van der Waals surface area contributed by atoms with E-state index >= 15 is 0 Å². The summed E-state index contributed by atoms with van der Waals surface area (Å²) < 4.78 is 18.9. The van der Waals surface area contributed by atoms with Crippen LogP contribution in [0, 0.1) is 5.82 Å². The summed E-state index contributed by atoms with van der Waals surface area (Å²) in [4.78, 5) is 12.6. The molecule has 0 radical (unpaired) electrons. The standard InChI is InChI=1S/C18H14BrFO2/c1-22-14-5-6-15-12(10-14)3-4-13(18(15)21)8-11-2-7-17(20)16(19)9-11/h2,5-10H,3-4H2,1H3/b13-8-. The maximum atomic E-state index is 13.3. The zero-order valence-electron chi connectivity index (χ0n) is 12.0. The Kier molecular flexibility index (Phi) is 4.12. The predicted molar refractivity (Wildman–Crippen MR) is 87.7 cm³/mol. The van der Waals surface area contributed by atoms with E-state index in [1.165, 1.54) is 6.07 Å². The average molecular weight is 361 g/mol. The number of carbonyl (C=O) groups excluding carboxylic acids is 1. The highest BCUT2D eigenvalue weighted by Gasteiger charge is 2.22. The summed E-state index contributed by atoms with van der Waals surface area (Å²) in [5, 5.41) is 0. The van der Waals surface area contributed by atoms with Crippen molar-refractivity contribution >= 4 is 27.8 Å². The molecule has 0 aliphatic heterocycles. The van der Waals surface area contributed by atoms with Gasteiger partial charge in [-0.05, 0) is 76.3 Å². The van der Waals surface area contributed by atoms with Gasteiger partial charge < -0.3 is 4.74 Å². The summed E-state index contributed by atoms with van der Waals surface area (Å²) in [7, 11) is 1.62. The lowest BCUT2D eigenvalue weighted by atomic mass is 9.86. The molecule has 3 rings (SSSR count). The molecule has 0 unspecified atom stereocenters. The summed E-state index contributed by atoms with van der Waals surface area (Å²) in [6, 6.07) is 10.3. The number of ether oxygens (including phenoxy) is 1. The fraction of sp³-hybridized carbons (Fsp3) is 0.167. The Balaban J connectivity index is 1.95. The summed E-state index contributed by atoms with van der Waals surface area (Å²) in [5.41, 5.74) is 3.30. The highest BCUT2D eigenvalue weighted by atomic mass is 79.9. The van der Waals surface area contributed by atoms with Crippen molar-refractivity contribution in [2.24, 2.45) is 0 Å². The van der Waals surface area contributed by atoms with Crippen LogP contribution in [0.25, 0.3) is 6.08 Å². The van der Waals surface area contributed by atoms with Gasteiger partial charge in [0.1, 0.15) is 11.6 Å². The summed E-state index contributed by atoms with van der Waals surface area (Å²) in [6.45, 7) is 0.